The summed E-state index contributed by atoms with van der Waals surface area (Å²) in [6.45, 7) is 0.639. The van der Waals surface area contributed by atoms with E-state index in [-0.39, 0.29) is 16.7 Å². The molecule has 1 aromatic heterocycles. The molecule has 0 aliphatic carbocycles. The van der Waals surface area contributed by atoms with Crippen molar-refractivity contribution in [2.45, 2.75) is 22.6 Å². The Bertz CT molecular complexity index is 1170. The summed E-state index contributed by atoms with van der Waals surface area (Å²) >= 11 is 8.94. The Balaban J connectivity index is 1.38. The second-order valence-electron chi connectivity index (χ2n) is 6.97. The highest BCUT2D eigenvalue weighted by Gasteiger charge is 2.32. The third kappa shape index (κ3) is 4.50. The smallest absolute Gasteiger partial charge is 0.243 e. The molecule has 30 heavy (non-hydrogen) atoms. The number of thioether (sulfide) groups is 1. The summed E-state index contributed by atoms with van der Waals surface area (Å²) in [5.41, 5.74) is 0.785. The molecule has 4 rings (SSSR count). The Morgan fingerprint density at radius 1 is 1.20 bits per heavy atom. The van der Waals surface area contributed by atoms with Crippen molar-refractivity contribution in [3.8, 4) is 0 Å². The first kappa shape index (κ1) is 21.6. The van der Waals surface area contributed by atoms with Gasteiger partial charge in [0.2, 0.25) is 15.9 Å². The van der Waals surface area contributed by atoms with E-state index < -0.39 is 10.0 Å². The fourth-order valence-electron chi connectivity index (χ4n) is 3.41. The fraction of sp³-hybridized carbons (Fsp3) is 0.300. The van der Waals surface area contributed by atoms with Gasteiger partial charge in [-0.15, -0.1) is 11.8 Å². The van der Waals surface area contributed by atoms with Crippen LogP contribution >= 0.6 is 34.7 Å². The van der Waals surface area contributed by atoms with E-state index in [0.29, 0.717) is 36.1 Å². The van der Waals surface area contributed by atoms with E-state index in [1.807, 2.05) is 30.5 Å². The Kier molecular flexibility index (Phi) is 6.36. The van der Waals surface area contributed by atoms with Crippen molar-refractivity contribution < 1.29 is 13.2 Å². The predicted octanol–water partition coefficient (Wildman–Crippen LogP) is 4.71. The largest absolute Gasteiger partial charge is 0.302 e. The van der Waals surface area contributed by atoms with Crippen molar-refractivity contribution in [3.05, 3.63) is 47.5 Å². The lowest BCUT2D eigenvalue weighted by Crippen LogP contribution is -2.41. The first-order valence-corrected chi connectivity index (χ1v) is 13.2. The number of anilines is 1. The van der Waals surface area contributed by atoms with E-state index >= 15 is 0 Å². The van der Waals surface area contributed by atoms with Gasteiger partial charge in [0.15, 0.2) is 5.13 Å². The summed E-state index contributed by atoms with van der Waals surface area (Å²) in [6.07, 6.45) is 2.90. The van der Waals surface area contributed by atoms with Gasteiger partial charge in [-0.2, -0.15) is 4.31 Å². The number of nitrogens with one attached hydrogen (secondary N) is 1. The van der Waals surface area contributed by atoms with Crippen molar-refractivity contribution in [2.75, 3.05) is 24.7 Å². The first-order valence-electron chi connectivity index (χ1n) is 9.38. The summed E-state index contributed by atoms with van der Waals surface area (Å²) in [4.78, 5) is 18.4. The van der Waals surface area contributed by atoms with E-state index in [0.717, 1.165) is 15.1 Å². The summed E-state index contributed by atoms with van der Waals surface area (Å²) in [5, 5.41) is 4.03. The molecule has 2 heterocycles. The maximum atomic E-state index is 12.9. The van der Waals surface area contributed by atoms with Crippen molar-refractivity contribution in [3.63, 3.8) is 0 Å². The van der Waals surface area contributed by atoms with E-state index in [4.69, 9.17) is 11.6 Å². The SMILES string of the molecule is CSc1ccc(S(=O)(=O)N2CCC(C(=O)Nc3nc4ccc(Cl)cc4s3)CC2)cc1. The molecule has 10 heteroatoms. The number of benzene rings is 2. The lowest BCUT2D eigenvalue weighted by Gasteiger charge is -2.30. The number of hydrogen-bond acceptors (Lipinski definition) is 6. The number of nitrogens with zero attached hydrogens (tertiary/aromatic N) is 2. The molecular weight excluding hydrogens is 462 g/mol. The van der Waals surface area contributed by atoms with Gasteiger partial charge >= 0.3 is 0 Å². The number of carbonyl (C=O) groups is 1. The molecule has 0 spiro atoms. The molecule has 158 valence electrons. The van der Waals surface area contributed by atoms with Gasteiger partial charge in [-0.05, 0) is 61.6 Å². The highest BCUT2D eigenvalue weighted by Crippen LogP contribution is 2.30. The molecule has 3 aromatic rings. The number of sulfonamides is 1. The number of fused-ring (bicyclic) bond motifs is 1. The van der Waals surface area contributed by atoms with Crippen LogP contribution in [0.15, 0.2) is 52.3 Å². The molecule has 1 fully saturated rings. The van der Waals surface area contributed by atoms with Crippen LogP contribution in [0.3, 0.4) is 0 Å². The number of rotatable bonds is 5. The molecule has 1 amide bonds. The zero-order valence-corrected chi connectivity index (χ0v) is 19.4. The van der Waals surface area contributed by atoms with Crippen molar-refractivity contribution in [1.29, 1.82) is 0 Å². The first-order chi connectivity index (χ1) is 14.4. The Labute approximate surface area is 188 Å². The number of carbonyl (C=O) groups excluding carboxylic acids is 1. The molecule has 0 saturated carbocycles. The van der Waals surface area contributed by atoms with Crippen LogP contribution < -0.4 is 5.32 Å². The average molecular weight is 482 g/mol. The monoisotopic (exact) mass is 481 g/mol. The standard InChI is InChI=1S/C20H20ClN3O3S3/c1-28-15-3-5-16(6-4-15)30(26,27)24-10-8-13(9-11-24)19(25)23-20-22-17-7-2-14(21)12-18(17)29-20/h2-7,12-13H,8-11H2,1H3,(H,22,23,25). The Hall–Kier alpha value is -1.65. The van der Waals surface area contributed by atoms with Crippen LogP contribution in [0.25, 0.3) is 10.2 Å². The second kappa shape index (κ2) is 8.84. The molecule has 1 aliphatic heterocycles. The molecule has 0 atom stereocenters. The number of thiazole rings is 1. The maximum Gasteiger partial charge on any atom is 0.243 e. The zero-order chi connectivity index (χ0) is 21.3. The van der Waals surface area contributed by atoms with E-state index in [2.05, 4.69) is 10.3 Å². The van der Waals surface area contributed by atoms with Crippen molar-refractivity contribution in [1.82, 2.24) is 9.29 Å². The van der Waals surface area contributed by atoms with Gasteiger partial charge in [0.25, 0.3) is 0 Å². The topological polar surface area (TPSA) is 79.4 Å². The average Bonchev–Trinajstić information content (AvgIpc) is 3.15. The molecule has 0 radical (unpaired) electrons. The van der Waals surface area contributed by atoms with E-state index in [1.165, 1.54) is 15.6 Å². The summed E-state index contributed by atoms with van der Waals surface area (Å²) in [6, 6.07) is 12.3. The van der Waals surface area contributed by atoms with E-state index in [9.17, 15) is 13.2 Å². The number of hydrogen-bond donors (Lipinski definition) is 1. The van der Waals surface area contributed by atoms with Crippen LogP contribution in [0.1, 0.15) is 12.8 Å². The fourth-order valence-corrected chi connectivity index (χ4v) is 6.44. The van der Waals surface area contributed by atoms with Gasteiger partial charge in [0, 0.05) is 28.9 Å². The molecule has 0 bridgehead atoms. The number of aromatic nitrogens is 1. The van der Waals surface area contributed by atoms with Gasteiger partial charge < -0.3 is 5.32 Å². The third-order valence-electron chi connectivity index (χ3n) is 5.10. The third-order valence-corrected chi connectivity index (χ3v) is 8.93. The van der Waals surface area contributed by atoms with Crippen molar-refractivity contribution >= 4 is 66.0 Å². The van der Waals surface area contributed by atoms with Crippen LogP contribution in [0.2, 0.25) is 5.02 Å². The summed E-state index contributed by atoms with van der Waals surface area (Å²) in [5.74, 6) is -0.368. The van der Waals surface area contributed by atoms with Gasteiger partial charge in [0.05, 0.1) is 15.1 Å². The summed E-state index contributed by atoms with van der Waals surface area (Å²) < 4.78 is 28.1. The minimum Gasteiger partial charge on any atom is -0.302 e. The van der Waals surface area contributed by atoms with Crippen LogP contribution in [-0.4, -0.2) is 43.0 Å². The van der Waals surface area contributed by atoms with Crippen LogP contribution in [0.4, 0.5) is 5.13 Å². The second-order valence-corrected chi connectivity index (χ2v) is 11.3. The Morgan fingerprint density at radius 3 is 2.57 bits per heavy atom. The molecule has 1 saturated heterocycles. The highest BCUT2D eigenvalue weighted by atomic mass is 35.5. The lowest BCUT2D eigenvalue weighted by molar-refractivity contribution is -0.120. The number of amides is 1. The van der Waals surface area contributed by atoms with Gasteiger partial charge in [-0.25, -0.2) is 13.4 Å². The minimum absolute atomic E-state index is 0.124. The van der Waals surface area contributed by atoms with Gasteiger partial charge in [-0.3, -0.25) is 4.79 Å². The van der Waals surface area contributed by atoms with Crippen LogP contribution in [0.5, 0.6) is 0 Å². The number of piperidine rings is 1. The molecule has 2 aromatic carbocycles. The van der Waals surface area contributed by atoms with Crippen LogP contribution in [0, 0.1) is 5.92 Å². The number of halogens is 1. The zero-order valence-electron chi connectivity index (χ0n) is 16.2. The quantitative estimate of drug-likeness (QED) is 0.534. The highest BCUT2D eigenvalue weighted by molar-refractivity contribution is 7.98. The minimum atomic E-state index is -3.55. The summed E-state index contributed by atoms with van der Waals surface area (Å²) in [7, 11) is -3.55. The van der Waals surface area contributed by atoms with Crippen molar-refractivity contribution in [2.24, 2.45) is 5.92 Å². The van der Waals surface area contributed by atoms with E-state index in [1.54, 1.807) is 30.0 Å². The van der Waals surface area contributed by atoms with Gasteiger partial charge in [-0.1, -0.05) is 22.9 Å². The molecule has 1 N–H and O–H groups in total. The molecule has 1 aliphatic rings. The Morgan fingerprint density at radius 2 is 1.90 bits per heavy atom. The lowest BCUT2D eigenvalue weighted by atomic mass is 9.97. The predicted molar refractivity (Wildman–Crippen MR) is 123 cm³/mol. The molecular formula is C20H20ClN3O3S3. The molecule has 6 nitrogen and oxygen atoms in total. The maximum absolute atomic E-state index is 12.9. The molecule has 0 unspecified atom stereocenters. The van der Waals surface area contributed by atoms with Gasteiger partial charge in [0.1, 0.15) is 0 Å². The normalized spacial score (nSPS) is 16.1. The van der Waals surface area contributed by atoms with Crippen LogP contribution in [-0.2, 0) is 14.8 Å².